The van der Waals surface area contributed by atoms with E-state index in [0.717, 1.165) is 30.3 Å². The van der Waals surface area contributed by atoms with Gasteiger partial charge in [-0.25, -0.2) is 0 Å². The summed E-state index contributed by atoms with van der Waals surface area (Å²) in [6.07, 6.45) is -2.18. The Balaban J connectivity index is 1.47. The lowest BCUT2D eigenvalue weighted by Gasteiger charge is -2.25. The predicted molar refractivity (Wildman–Crippen MR) is 104 cm³/mol. The Morgan fingerprint density at radius 2 is 2.00 bits per heavy atom. The van der Waals surface area contributed by atoms with E-state index in [1.807, 2.05) is 29.5 Å². The van der Waals surface area contributed by atoms with E-state index in [9.17, 15) is 18.0 Å². The number of aryl methyl sites for hydroxylation is 2. The zero-order valence-electron chi connectivity index (χ0n) is 16.8. The van der Waals surface area contributed by atoms with Gasteiger partial charge in [-0.05, 0) is 50.9 Å². The number of amides is 1. The van der Waals surface area contributed by atoms with Gasteiger partial charge in [0.05, 0.1) is 17.8 Å². The van der Waals surface area contributed by atoms with Crippen LogP contribution in [-0.4, -0.2) is 39.7 Å². The molecular weight excluding hydrogens is 381 g/mol. The summed E-state index contributed by atoms with van der Waals surface area (Å²) in [5.41, 5.74) is 2.01. The number of carbonyl (C=O) groups excluding carboxylic acids is 1. The van der Waals surface area contributed by atoms with Gasteiger partial charge in [-0.3, -0.25) is 9.48 Å². The number of alkyl halides is 3. The second kappa shape index (κ2) is 8.98. The van der Waals surface area contributed by atoms with E-state index in [4.69, 9.17) is 0 Å². The van der Waals surface area contributed by atoms with E-state index >= 15 is 0 Å². The Hall–Kier alpha value is -2.35. The standard InChI is InChI=1S/C21H27F3N4O/c1-15-12-16(2)28(26-15)11-10-27-19(6-7-20(27)29)8-9-25-14-17-4-3-5-18(13-17)21(22,23)24/h3-5,12-13,19,25H,6-11,14H2,1-2H3/t19-/m1/s1. The molecule has 1 aromatic heterocycles. The highest BCUT2D eigenvalue weighted by atomic mass is 19.4. The van der Waals surface area contributed by atoms with Crippen LogP contribution in [0.5, 0.6) is 0 Å². The Morgan fingerprint density at radius 1 is 1.21 bits per heavy atom. The van der Waals surface area contributed by atoms with Crippen molar-refractivity contribution in [3.05, 3.63) is 52.8 Å². The molecule has 1 atom stereocenters. The minimum atomic E-state index is -4.33. The highest BCUT2D eigenvalue weighted by Crippen LogP contribution is 2.29. The first kappa shape index (κ1) is 21.4. The topological polar surface area (TPSA) is 50.2 Å². The molecule has 0 aliphatic carbocycles. The summed E-state index contributed by atoms with van der Waals surface area (Å²) >= 11 is 0. The highest BCUT2D eigenvalue weighted by Gasteiger charge is 2.31. The van der Waals surface area contributed by atoms with Gasteiger partial charge in [0, 0.05) is 31.2 Å². The molecule has 0 spiro atoms. The molecule has 8 heteroatoms. The molecule has 0 unspecified atom stereocenters. The fourth-order valence-corrected chi connectivity index (χ4v) is 3.86. The van der Waals surface area contributed by atoms with Gasteiger partial charge in [0.2, 0.25) is 5.91 Å². The van der Waals surface area contributed by atoms with E-state index in [1.54, 1.807) is 6.07 Å². The quantitative estimate of drug-likeness (QED) is 0.678. The summed E-state index contributed by atoms with van der Waals surface area (Å²) < 4.78 is 40.3. The molecule has 0 saturated carbocycles. The van der Waals surface area contributed by atoms with Gasteiger partial charge in [-0.15, -0.1) is 0 Å². The summed E-state index contributed by atoms with van der Waals surface area (Å²) in [4.78, 5) is 14.2. The highest BCUT2D eigenvalue weighted by molar-refractivity contribution is 5.78. The number of aromatic nitrogens is 2. The number of hydrogen-bond acceptors (Lipinski definition) is 3. The van der Waals surface area contributed by atoms with E-state index < -0.39 is 11.7 Å². The molecule has 1 aliphatic rings. The monoisotopic (exact) mass is 408 g/mol. The Labute approximate surface area is 168 Å². The second-order valence-electron chi connectivity index (χ2n) is 7.59. The van der Waals surface area contributed by atoms with E-state index in [0.29, 0.717) is 38.2 Å². The lowest BCUT2D eigenvalue weighted by Crippen LogP contribution is -2.37. The number of likely N-dealkylation sites (tertiary alicyclic amines) is 1. The van der Waals surface area contributed by atoms with Crippen molar-refractivity contribution >= 4 is 5.91 Å². The van der Waals surface area contributed by atoms with Gasteiger partial charge < -0.3 is 10.2 Å². The second-order valence-corrected chi connectivity index (χ2v) is 7.59. The van der Waals surface area contributed by atoms with Crippen molar-refractivity contribution in [1.82, 2.24) is 20.0 Å². The zero-order valence-corrected chi connectivity index (χ0v) is 16.8. The van der Waals surface area contributed by atoms with Crippen LogP contribution in [0.1, 0.15) is 41.8 Å². The van der Waals surface area contributed by atoms with Crippen molar-refractivity contribution in [3.63, 3.8) is 0 Å². The summed E-state index contributed by atoms with van der Waals surface area (Å²) in [7, 11) is 0. The molecule has 2 heterocycles. The molecule has 158 valence electrons. The number of carbonyl (C=O) groups is 1. The molecule has 2 aromatic rings. The molecule has 1 saturated heterocycles. The number of benzene rings is 1. The fourth-order valence-electron chi connectivity index (χ4n) is 3.86. The van der Waals surface area contributed by atoms with Crippen LogP contribution < -0.4 is 5.32 Å². The molecule has 0 bridgehead atoms. The Bertz CT molecular complexity index is 847. The SMILES string of the molecule is Cc1cc(C)n(CCN2C(=O)CC[C@@H]2CCNCc2cccc(C(F)(F)F)c2)n1. The lowest BCUT2D eigenvalue weighted by atomic mass is 10.1. The lowest BCUT2D eigenvalue weighted by molar-refractivity contribution is -0.137. The van der Waals surface area contributed by atoms with Crippen LogP contribution in [0.2, 0.25) is 0 Å². The molecule has 0 radical (unpaired) electrons. The Morgan fingerprint density at radius 3 is 2.69 bits per heavy atom. The van der Waals surface area contributed by atoms with Crippen molar-refractivity contribution in [2.45, 2.75) is 58.4 Å². The first-order chi connectivity index (χ1) is 13.7. The maximum Gasteiger partial charge on any atom is 0.416 e. The van der Waals surface area contributed by atoms with Crippen molar-refractivity contribution in [1.29, 1.82) is 0 Å². The van der Waals surface area contributed by atoms with E-state index in [-0.39, 0.29) is 11.9 Å². The van der Waals surface area contributed by atoms with Crippen LogP contribution >= 0.6 is 0 Å². The average molecular weight is 408 g/mol. The van der Waals surface area contributed by atoms with Crippen LogP contribution in [0.4, 0.5) is 13.2 Å². The summed E-state index contributed by atoms with van der Waals surface area (Å²) in [5.74, 6) is 0.161. The van der Waals surface area contributed by atoms with Crippen molar-refractivity contribution in [2.75, 3.05) is 13.1 Å². The normalized spacial score (nSPS) is 17.3. The molecule has 1 fully saturated rings. The smallest absolute Gasteiger partial charge is 0.338 e. The molecule has 5 nitrogen and oxygen atoms in total. The van der Waals surface area contributed by atoms with Crippen LogP contribution in [-0.2, 0) is 24.1 Å². The molecule has 3 rings (SSSR count). The molecule has 1 amide bonds. The summed E-state index contributed by atoms with van der Waals surface area (Å²) in [6, 6.07) is 7.54. The van der Waals surface area contributed by atoms with Gasteiger partial charge in [0.15, 0.2) is 0 Å². The van der Waals surface area contributed by atoms with Crippen LogP contribution in [0.15, 0.2) is 30.3 Å². The van der Waals surface area contributed by atoms with E-state index in [2.05, 4.69) is 10.4 Å². The van der Waals surface area contributed by atoms with Crippen LogP contribution in [0.3, 0.4) is 0 Å². The van der Waals surface area contributed by atoms with Gasteiger partial charge in [0.25, 0.3) is 0 Å². The fraction of sp³-hybridized carbons (Fsp3) is 0.524. The van der Waals surface area contributed by atoms with Crippen molar-refractivity contribution in [2.24, 2.45) is 0 Å². The summed E-state index contributed by atoms with van der Waals surface area (Å²) in [5, 5.41) is 7.65. The third-order valence-corrected chi connectivity index (χ3v) is 5.35. The van der Waals surface area contributed by atoms with Gasteiger partial charge in [0.1, 0.15) is 0 Å². The molecule has 1 N–H and O–H groups in total. The van der Waals surface area contributed by atoms with Gasteiger partial charge >= 0.3 is 6.18 Å². The molecular formula is C21H27F3N4O. The number of nitrogens with zero attached hydrogens (tertiary/aromatic N) is 3. The average Bonchev–Trinajstić information content (AvgIpc) is 3.17. The minimum absolute atomic E-state index is 0.161. The molecule has 1 aromatic carbocycles. The van der Waals surface area contributed by atoms with Crippen LogP contribution in [0, 0.1) is 13.8 Å². The van der Waals surface area contributed by atoms with Gasteiger partial charge in [-0.2, -0.15) is 18.3 Å². The zero-order chi connectivity index (χ0) is 21.0. The minimum Gasteiger partial charge on any atom is -0.338 e. The molecule has 1 aliphatic heterocycles. The maximum absolute atomic E-state index is 12.8. The third-order valence-electron chi connectivity index (χ3n) is 5.35. The first-order valence-corrected chi connectivity index (χ1v) is 9.91. The van der Waals surface area contributed by atoms with E-state index in [1.165, 1.54) is 12.1 Å². The summed E-state index contributed by atoms with van der Waals surface area (Å²) in [6.45, 7) is 6.25. The van der Waals surface area contributed by atoms with Gasteiger partial charge in [-0.1, -0.05) is 18.2 Å². The maximum atomic E-state index is 12.8. The largest absolute Gasteiger partial charge is 0.416 e. The number of hydrogen-bond donors (Lipinski definition) is 1. The predicted octanol–water partition coefficient (Wildman–Crippen LogP) is 3.69. The molecule has 29 heavy (non-hydrogen) atoms. The number of nitrogens with one attached hydrogen (secondary N) is 1. The number of rotatable bonds is 8. The van der Waals surface area contributed by atoms with Crippen LogP contribution in [0.25, 0.3) is 0 Å². The van der Waals surface area contributed by atoms with Crippen molar-refractivity contribution < 1.29 is 18.0 Å². The van der Waals surface area contributed by atoms with Crippen molar-refractivity contribution in [3.8, 4) is 0 Å². The number of halogens is 3. The first-order valence-electron chi connectivity index (χ1n) is 9.91. The third kappa shape index (κ3) is 5.59. The Kier molecular flexibility index (Phi) is 6.62.